The molecule has 0 saturated heterocycles. The molecule has 0 aliphatic rings. The van der Waals surface area contributed by atoms with Crippen molar-refractivity contribution in [3.63, 3.8) is 0 Å². The first-order chi connectivity index (χ1) is 15.3. The Labute approximate surface area is 199 Å². The molecule has 190 valence electrons. The minimum absolute atomic E-state index is 0.0702. The van der Waals surface area contributed by atoms with Gasteiger partial charge >= 0.3 is 5.97 Å². The van der Waals surface area contributed by atoms with Gasteiger partial charge in [-0.25, -0.2) is 4.79 Å². The minimum atomic E-state index is -1.17. The Bertz CT molecular complexity index is 688. The van der Waals surface area contributed by atoms with E-state index in [1.165, 1.54) is 11.8 Å². The molecule has 0 aliphatic heterocycles. The summed E-state index contributed by atoms with van der Waals surface area (Å²) < 4.78 is 0. The molecule has 0 aromatic heterocycles. The average molecular weight is 490 g/mol. The lowest BCUT2D eigenvalue weighted by Gasteiger charge is -2.27. The quantitative estimate of drug-likeness (QED) is 0.168. The highest BCUT2D eigenvalue weighted by Crippen LogP contribution is 2.08. The predicted octanol–water partition coefficient (Wildman–Crippen LogP) is -0.427. The molecular formula is C21H39N5O6S. The lowest BCUT2D eigenvalue weighted by Crippen LogP contribution is -2.58. The normalized spacial score (nSPS) is 14.8. The van der Waals surface area contributed by atoms with Gasteiger partial charge < -0.3 is 32.5 Å². The van der Waals surface area contributed by atoms with Gasteiger partial charge in [-0.2, -0.15) is 11.8 Å². The molecule has 0 rings (SSSR count). The summed E-state index contributed by atoms with van der Waals surface area (Å²) in [6, 6.07) is -4.12. The summed E-state index contributed by atoms with van der Waals surface area (Å²) in [5.74, 6) is -3.39. The molecule has 0 spiro atoms. The molecule has 11 nitrogen and oxygen atoms in total. The third-order valence-electron chi connectivity index (χ3n) is 4.85. The van der Waals surface area contributed by atoms with Crippen LogP contribution in [0.4, 0.5) is 0 Å². The van der Waals surface area contributed by atoms with Crippen molar-refractivity contribution in [2.75, 3.05) is 12.0 Å². The Hall–Kier alpha value is -2.34. The highest BCUT2D eigenvalue weighted by atomic mass is 32.2. The molecule has 8 N–H and O–H groups in total. The van der Waals surface area contributed by atoms with E-state index in [1.807, 2.05) is 20.1 Å². The molecule has 0 saturated carbocycles. The van der Waals surface area contributed by atoms with Crippen LogP contribution >= 0.6 is 11.8 Å². The van der Waals surface area contributed by atoms with Gasteiger partial charge in [-0.1, -0.05) is 27.7 Å². The second-order valence-corrected chi connectivity index (χ2v) is 9.70. The van der Waals surface area contributed by atoms with Gasteiger partial charge in [0.25, 0.3) is 0 Å². The van der Waals surface area contributed by atoms with Crippen LogP contribution in [0.3, 0.4) is 0 Å². The number of rotatable bonds is 16. The number of carbonyl (C=O) groups is 5. The summed E-state index contributed by atoms with van der Waals surface area (Å²) in [6.45, 7) is 7.19. The molecule has 0 radical (unpaired) electrons. The Morgan fingerprint density at radius 3 is 1.91 bits per heavy atom. The van der Waals surface area contributed by atoms with Crippen molar-refractivity contribution >= 4 is 41.4 Å². The third kappa shape index (κ3) is 12.5. The van der Waals surface area contributed by atoms with E-state index in [-0.39, 0.29) is 31.1 Å². The van der Waals surface area contributed by atoms with Crippen LogP contribution in [0, 0.1) is 11.8 Å². The summed E-state index contributed by atoms with van der Waals surface area (Å²) in [5.41, 5.74) is 11.1. The maximum atomic E-state index is 12.9. The zero-order valence-electron chi connectivity index (χ0n) is 20.1. The second kappa shape index (κ2) is 15.5. The van der Waals surface area contributed by atoms with E-state index in [0.717, 1.165) is 0 Å². The number of aliphatic carboxylic acids is 1. The molecule has 0 fully saturated rings. The van der Waals surface area contributed by atoms with Gasteiger partial charge in [0, 0.05) is 6.42 Å². The number of carbonyl (C=O) groups excluding carboxylic acids is 4. The highest BCUT2D eigenvalue weighted by molar-refractivity contribution is 7.98. The standard InChI is InChI=1S/C21H39N5O6S/c1-11(2)10-13(22)18(28)24-14(6-7-16(23)27)19(29)26-17(12(3)4)20(30)25-15(21(31)32)8-9-33-5/h11-15,17H,6-10,22H2,1-5H3,(H2,23,27)(H,24,28)(H,25,30)(H,26,29)(H,31,32). The van der Waals surface area contributed by atoms with Crippen molar-refractivity contribution < 1.29 is 29.1 Å². The van der Waals surface area contributed by atoms with Crippen LogP contribution < -0.4 is 27.4 Å². The average Bonchev–Trinajstić information content (AvgIpc) is 2.70. The smallest absolute Gasteiger partial charge is 0.326 e. The first-order valence-corrected chi connectivity index (χ1v) is 12.4. The van der Waals surface area contributed by atoms with Crippen molar-refractivity contribution in [3.8, 4) is 0 Å². The van der Waals surface area contributed by atoms with E-state index >= 15 is 0 Å². The number of primary amides is 1. The maximum absolute atomic E-state index is 12.9. The van der Waals surface area contributed by atoms with E-state index in [1.54, 1.807) is 13.8 Å². The van der Waals surface area contributed by atoms with Crippen LogP contribution in [0.25, 0.3) is 0 Å². The molecular weight excluding hydrogens is 450 g/mol. The lowest BCUT2D eigenvalue weighted by molar-refractivity contribution is -0.142. The van der Waals surface area contributed by atoms with Crippen molar-refractivity contribution in [2.24, 2.45) is 23.3 Å². The Morgan fingerprint density at radius 1 is 0.879 bits per heavy atom. The van der Waals surface area contributed by atoms with E-state index < -0.39 is 53.8 Å². The number of carboxylic acids is 1. The number of hydrogen-bond donors (Lipinski definition) is 6. The van der Waals surface area contributed by atoms with Crippen molar-refractivity contribution in [3.05, 3.63) is 0 Å². The number of nitrogens with one attached hydrogen (secondary N) is 3. The molecule has 4 atom stereocenters. The van der Waals surface area contributed by atoms with Crippen LogP contribution in [0.1, 0.15) is 53.4 Å². The molecule has 0 bridgehead atoms. The molecule has 4 unspecified atom stereocenters. The molecule has 0 heterocycles. The number of thioether (sulfide) groups is 1. The fourth-order valence-corrected chi connectivity index (χ4v) is 3.46. The first-order valence-electron chi connectivity index (χ1n) is 11.0. The van der Waals surface area contributed by atoms with Crippen molar-refractivity contribution in [1.29, 1.82) is 0 Å². The summed E-state index contributed by atoms with van der Waals surface area (Å²) in [4.78, 5) is 60.8. The number of hydrogen-bond acceptors (Lipinski definition) is 7. The van der Waals surface area contributed by atoms with Crippen LogP contribution in [0.5, 0.6) is 0 Å². The summed E-state index contributed by atoms with van der Waals surface area (Å²) >= 11 is 1.45. The molecule has 12 heteroatoms. The van der Waals surface area contributed by atoms with Gasteiger partial charge in [0.2, 0.25) is 23.6 Å². The van der Waals surface area contributed by atoms with Crippen molar-refractivity contribution in [1.82, 2.24) is 16.0 Å². The zero-order chi connectivity index (χ0) is 25.7. The summed E-state index contributed by atoms with van der Waals surface area (Å²) in [7, 11) is 0. The predicted molar refractivity (Wildman–Crippen MR) is 127 cm³/mol. The zero-order valence-corrected chi connectivity index (χ0v) is 20.9. The van der Waals surface area contributed by atoms with Crippen LogP contribution in [-0.4, -0.2) is 70.9 Å². The van der Waals surface area contributed by atoms with E-state index in [9.17, 15) is 29.1 Å². The van der Waals surface area contributed by atoms with Gasteiger partial charge in [0.05, 0.1) is 6.04 Å². The Kier molecular flexibility index (Phi) is 14.4. The van der Waals surface area contributed by atoms with Gasteiger partial charge in [-0.05, 0) is 43.1 Å². The van der Waals surface area contributed by atoms with E-state index in [0.29, 0.717) is 12.2 Å². The molecule has 4 amide bonds. The monoisotopic (exact) mass is 489 g/mol. The highest BCUT2D eigenvalue weighted by Gasteiger charge is 2.32. The van der Waals surface area contributed by atoms with Gasteiger partial charge in [0.15, 0.2) is 0 Å². The fraction of sp³-hybridized carbons (Fsp3) is 0.762. The van der Waals surface area contributed by atoms with E-state index in [4.69, 9.17) is 11.5 Å². The lowest BCUT2D eigenvalue weighted by atomic mass is 10.0. The summed E-state index contributed by atoms with van der Waals surface area (Å²) in [5, 5.41) is 16.9. The van der Waals surface area contributed by atoms with Gasteiger partial charge in [-0.3, -0.25) is 19.2 Å². The summed E-state index contributed by atoms with van der Waals surface area (Å²) in [6.07, 6.45) is 2.22. The Balaban J connectivity index is 5.43. The molecule has 0 aliphatic carbocycles. The van der Waals surface area contributed by atoms with Crippen LogP contribution in [0.15, 0.2) is 0 Å². The molecule has 0 aromatic rings. The second-order valence-electron chi connectivity index (χ2n) is 8.71. The van der Waals surface area contributed by atoms with Gasteiger partial charge in [0.1, 0.15) is 18.1 Å². The SMILES string of the molecule is CSCCC(NC(=O)C(NC(=O)C(CCC(N)=O)NC(=O)C(N)CC(C)C)C(C)C)C(=O)O. The van der Waals surface area contributed by atoms with Crippen molar-refractivity contribution in [2.45, 2.75) is 77.5 Å². The van der Waals surface area contributed by atoms with Gasteiger partial charge in [-0.15, -0.1) is 0 Å². The molecule has 33 heavy (non-hydrogen) atoms. The number of carboxylic acid groups (broad SMARTS) is 1. The largest absolute Gasteiger partial charge is 0.480 e. The third-order valence-corrected chi connectivity index (χ3v) is 5.49. The number of amides is 4. The molecule has 0 aromatic carbocycles. The fourth-order valence-electron chi connectivity index (χ4n) is 2.99. The van der Waals surface area contributed by atoms with Crippen LogP contribution in [0.2, 0.25) is 0 Å². The van der Waals surface area contributed by atoms with Crippen LogP contribution in [-0.2, 0) is 24.0 Å². The number of nitrogens with two attached hydrogens (primary N) is 2. The topological polar surface area (TPSA) is 194 Å². The minimum Gasteiger partial charge on any atom is -0.480 e. The van der Waals surface area contributed by atoms with E-state index in [2.05, 4.69) is 16.0 Å². The maximum Gasteiger partial charge on any atom is 0.326 e. The first kappa shape index (κ1) is 30.7. The Morgan fingerprint density at radius 2 is 1.45 bits per heavy atom.